The highest BCUT2D eigenvalue weighted by molar-refractivity contribution is 7.13. The third-order valence-corrected chi connectivity index (χ3v) is 9.99. The van der Waals surface area contributed by atoms with Gasteiger partial charge in [0.1, 0.15) is 18.7 Å². The van der Waals surface area contributed by atoms with Crippen LogP contribution in [0.2, 0.25) is 0 Å². The average molecular weight is 735 g/mol. The summed E-state index contributed by atoms with van der Waals surface area (Å²) in [5.74, 6) is -1.26. The number of rotatable bonds is 17. The number of β-amino-alcohol motifs (C(OH)–C–C–N with tert-alkyl or cyclic N) is 1. The Bertz CT molecular complexity index is 1800. The summed E-state index contributed by atoms with van der Waals surface area (Å²) in [6.07, 6.45) is 1.25. The van der Waals surface area contributed by atoms with Gasteiger partial charge in [0.25, 0.3) is 0 Å². The summed E-state index contributed by atoms with van der Waals surface area (Å²) < 4.78 is 18.9. The molecule has 3 atom stereocenters. The molecule has 280 valence electrons. The fraction of sp³-hybridized carbons (Fsp3) is 0.474. The van der Waals surface area contributed by atoms with Crippen LogP contribution in [0, 0.1) is 12.3 Å². The van der Waals surface area contributed by atoms with Gasteiger partial charge in [-0.25, -0.2) is 4.98 Å². The maximum Gasteiger partial charge on any atom is 0.246 e. The smallest absolute Gasteiger partial charge is 0.246 e. The van der Waals surface area contributed by atoms with E-state index in [9.17, 15) is 19.5 Å². The Hall–Kier alpha value is -4.34. The molecule has 4 aromatic rings. The lowest BCUT2D eigenvalue weighted by Crippen LogP contribution is -2.58. The number of aliphatic hydroxyl groups is 1. The molecule has 0 radical (unpaired) electrons. The number of carbonyl (C=O) groups is 3. The number of benzene rings is 2. The van der Waals surface area contributed by atoms with Crippen molar-refractivity contribution >= 4 is 45.6 Å². The molecular weight excluding hydrogens is 685 g/mol. The topological polar surface area (TPSA) is 170 Å². The average Bonchev–Trinajstić information content (AvgIpc) is 3.85. The van der Waals surface area contributed by atoms with E-state index in [0.717, 1.165) is 38.3 Å². The molecule has 1 unspecified atom stereocenters. The van der Waals surface area contributed by atoms with E-state index in [1.807, 2.05) is 87.9 Å². The third-order valence-electron chi connectivity index (χ3n) is 9.01. The number of thiazole rings is 1. The van der Waals surface area contributed by atoms with Crippen LogP contribution in [0.4, 0.5) is 5.69 Å². The zero-order chi connectivity index (χ0) is 37.3. The van der Waals surface area contributed by atoms with Gasteiger partial charge in [-0.15, -0.1) is 11.3 Å². The lowest BCUT2D eigenvalue weighted by atomic mass is 9.85. The number of fused-ring (bicyclic) bond motifs is 1. The Morgan fingerprint density at radius 1 is 1.02 bits per heavy atom. The Balaban J connectivity index is 1.01. The van der Waals surface area contributed by atoms with Gasteiger partial charge in [-0.3, -0.25) is 14.4 Å². The van der Waals surface area contributed by atoms with Crippen molar-refractivity contribution in [1.82, 2.24) is 25.1 Å². The molecule has 14 heteroatoms. The number of nitrogens with one attached hydrogen (secondary N) is 2. The van der Waals surface area contributed by atoms with Crippen molar-refractivity contribution in [2.24, 2.45) is 5.41 Å². The minimum Gasteiger partial charge on any atom is -0.398 e. The van der Waals surface area contributed by atoms with E-state index in [1.165, 1.54) is 4.90 Å². The van der Waals surface area contributed by atoms with Crippen molar-refractivity contribution in [3.8, 4) is 10.4 Å². The standard InChI is InChI=1S/C38H50N6O7S/c1-25-34(52-24-41-25)27-10-8-26(9-11-27)21-40-36(47)32-20-28(45)22-44(32)37(48)35(38(2,3)4)42-33(46)23-51-19-18-50-17-16-49-15-14-43-13-12-29-30(39)6-5-7-31(29)43/h5-13,24,28,32,35,45H,14-23,39H2,1-4H3,(H,40,47)(H,42,46)/t28-,32+,35?/m1/s1. The number of carbonyl (C=O) groups excluding carboxylic acids is 3. The molecule has 3 heterocycles. The lowest BCUT2D eigenvalue weighted by molar-refractivity contribution is -0.144. The largest absolute Gasteiger partial charge is 0.398 e. The van der Waals surface area contributed by atoms with Gasteiger partial charge in [-0.05, 0) is 41.7 Å². The Morgan fingerprint density at radius 3 is 2.42 bits per heavy atom. The molecule has 0 bridgehead atoms. The van der Waals surface area contributed by atoms with Gasteiger partial charge in [-0.2, -0.15) is 0 Å². The summed E-state index contributed by atoms with van der Waals surface area (Å²) in [4.78, 5) is 46.8. The van der Waals surface area contributed by atoms with Crippen LogP contribution in [0.15, 0.2) is 60.2 Å². The fourth-order valence-electron chi connectivity index (χ4n) is 6.19. The quantitative estimate of drug-likeness (QED) is 0.0937. The van der Waals surface area contributed by atoms with Gasteiger partial charge in [0.2, 0.25) is 17.7 Å². The Labute approximate surface area is 308 Å². The summed E-state index contributed by atoms with van der Waals surface area (Å²) in [6, 6.07) is 13.9. The first-order valence-corrected chi connectivity index (χ1v) is 18.4. The first kappa shape index (κ1) is 38.9. The number of aliphatic hydroxyl groups excluding tert-OH is 1. The van der Waals surface area contributed by atoms with E-state index < -0.39 is 35.4 Å². The van der Waals surface area contributed by atoms with Gasteiger partial charge < -0.3 is 45.2 Å². The first-order valence-electron chi connectivity index (χ1n) is 17.5. The number of likely N-dealkylation sites (tertiary alicyclic amines) is 1. The van der Waals surface area contributed by atoms with Gasteiger partial charge >= 0.3 is 0 Å². The first-order chi connectivity index (χ1) is 24.9. The van der Waals surface area contributed by atoms with Crippen molar-refractivity contribution in [1.29, 1.82) is 0 Å². The molecular formula is C38H50N6O7S. The number of hydrogen-bond acceptors (Lipinski definition) is 10. The second kappa shape index (κ2) is 17.9. The minimum atomic E-state index is -0.942. The van der Waals surface area contributed by atoms with Gasteiger partial charge in [0, 0.05) is 43.3 Å². The zero-order valence-electron chi connectivity index (χ0n) is 30.3. The number of nitrogens with two attached hydrogens (primary N) is 1. The van der Waals surface area contributed by atoms with E-state index in [4.69, 9.17) is 19.9 Å². The molecule has 1 aliphatic heterocycles. The molecule has 13 nitrogen and oxygen atoms in total. The predicted molar refractivity (Wildman–Crippen MR) is 200 cm³/mol. The van der Waals surface area contributed by atoms with Crippen molar-refractivity contribution in [2.45, 2.75) is 65.4 Å². The Kier molecular flexibility index (Phi) is 13.4. The van der Waals surface area contributed by atoms with Gasteiger partial charge in [0.05, 0.1) is 60.7 Å². The predicted octanol–water partition coefficient (Wildman–Crippen LogP) is 3.51. The van der Waals surface area contributed by atoms with Crippen LogP contribution in [0.1, 0.15) is 38.4 Å². The minimum absolute atomic E-state index is 0.00178. The van der Waals surface area contributed by atoms with Gasteiger partial charge in [-0.1, -0.05) is 51.1 Å². The fourth-order valence-corrected chi connectivity index (χ4v) is 7.00. The van der Waals surface area contributed by atoms with Crippen molar-refractivity contribution < 1.29 is 33.7 Å². The molecule has 1 aliphatic rings. The highest BCUT2D eigenvalue weighted by Gasteiger charge is 2.44. The van der Waals surface area contributed by atoms with E-state index in [-0.39, 0.29) is 45.2 Å². The van der Waals surface area contributed by atoms with Crippen LogP contribution in [0.3, 0.4) is 0 Å². The maximum absolute atomic E-state index is 13.8. The summed E-state index contributed by atoms with van der Waals surface area (Å²) in [7, 11) is 0. The van der Waals surface area contributed by atoms with Crippen LogP contribution in [-0.2, 0) is 41.7 Å². The monoisotopic (exact) mass is 734 g/mol. The second-order valence-corrected chi connectivity index (χ2v) is 14.9. The third kappa shape index (κ3) is 10.2. The van der Waals surface area contributed by atoms with E-state index in [0.29, 0.717) is 26.4 Å². The molecule has 3 amide bonds. The summed E-state index contributed by atoms with van der Waals surface area (Å²) in [5, 5.41) is 17.2. The van der Waals surface area contributed by atoms with Crippen LogP contribution < -0.4 is 16.4 Å². The Morgan fingerprint density at radius 2 is 1.73 bits per heavy atom. The highest BCUT2D eigenvalue weighted by Crippen LogP contribution is 2.28. The van der Waals surface area contributed by atoms with Crippen LogP contribution in [0.25, 0.3) is 21.3 Å². The molecule has 5 rings (SSSR count). The highest BCUT2D eigenvalue weighted by atomic mass is 32.1. The molecule has 0 saturated carbocycles. The zero-order valence-corrected chi connectivity index (χ0v) is 31.1. The molecule has 0 aliphatic carbocycles. The number of ether oxygens (including phenoxy) is 3. The maximum atomic E-state index is 13.8. The normalized spacial score (nSPS) is 16.7. The molecule has 0 spiro atoms. The number of aromatic nitrogens is 2. The SMILES string of the molecule is Cc1ncsc1-c1ccc(CNC(=O)[C@@H]2C[C@@H](O)CN2C(=O)C(NC(=O)COCCOCCOCCn2ccc3c(N)cccc32)C(C)(C)C)cc1. The molecule has 1 saturated heterocycles. The van der Waals surface area contributed by atoms with Crippen molar-refractivity contribution in [3.63, 3.8) is 0 Å². The van der Waals surface area contributed by atoms with E-state index in [2.05, 4.69) is 20.2 Å². The number of anilines is 1. The summed E-state index contributed by atoms with van der Waals surface area (Å²) in [6.45, 7) is 9.96. The summed E-state index contributed by atoms with van der Waals surface area (Å²) in [5.41, 5.74) is 11.9. The molecule has 2 aromatic heterocycles. The molecule has 2 aromatic carbocycles. The van der Waals surface area contributed by atoms with Crippen LogP contribution in [0.5, 0.6) is 0 Å². The van der Waals surface area contributed by atoms with Crippen LogP contribution >= 0.6 is 11.3 Å². The van der Waals surface area contributed by atoms with E-state index >= 15 is 0 Å². The lowest BCUT2D eigenvalue weighted by Gasteiger charge is -2.35. The van der Waals surface area contributed by atoms with Crippen LogP contribution in [-0.4, -0.2) is 102 Å². The van der Waals surface area contributed by atoms with E-state index in [1.54, 1.807) is 11.3 Å². The molecule has 1 fully saturated rings. The number of hydrogen-bond donors (Lipinski definition) is 4. The van der Waals surface area contributed by atoms with Crippen molar-refractivity contribution in [3.05, 3.63) is 71.5 Å². The second-order valence-electron chi connectivity index (χ2n) is 14.0. The van der Waals surface area contributed by atoms with Crippen molar-refractivity contribution in [2.75, 3.05) is 51.9 Å². The number of nitrogens with zero attached hydrogens (tertiary/aromatic N) is 3. The summed E-state index contributed by atoms with van der Waals surface area (Å²) >= 11 is 1.58. The number of aryl methyl sites for hydroxylation is 1. The number of nitrogen functional groups attached to an aromatic ring is 1. The molecule has 52 heavy (non-hydrogen) atoms. The van der Waals surface area contributed by atoms with Gasteiger partial charge in [0.15, 0.2) is 0 Å². The molecule has 5 N–H and O–H groups in total. The number of amides is 3.